The average Bonchev–Trinajstić information content (AvgIpc) is 2.27. The zero-order valence-corrected chi connectivity index (χ0v) is 9.53. The van der Waals surface area contributed by atoms with Gasteiger partial charge < -0.3 is 0 Å². The Bertz CT molecular complexity index is 239. The van der Waals surface area contributed by atoms with Crippen LogP contribution in [-0.2, 0) is 0 Å². The van der Waals surface area contributed by atoms with Gasteiger partial charge in [0.15, 0.2) is 0 Å². The second-order valence-electron chi connectivity index (χ2n) is 3.56. The molecule has 1 rings (SSSR count). The third-order valence-corrected chi connectivity index (χ3v) is 2.82. The van der Waals surface area contributed by atoms with Gasteiger partial charge in [0.1, 0.15) is 0 Å². The predicted octanol–water partition coefficient (Wildman–Crippen LogP) is 3.48. The van der Waals surface area contributed by atoms with Gasteiger partial charge in [0.25, 0.3) is 0 Å². The molecular weight excluding hydrogens is 170 g/mol. The number of benzene rings is 1. The van der Waals surface area contributed by atoms with Crippen LogP contribution in [0.2, 0.25) is 0 Å². The average molecular weight is 191 g/mol. The molecule has 0 amide bonds. The van der Waals surface area contributed by atoms with Crippen molar-refractivity contribution in [3.63, 3.8) is 0 Å². The SMILES string of the molecule is CCC(c1ccccc1)N(CC)CC. The monoisotopic (exact) mass is 191 g/mol. The van der Waals surface area contributed by atoms with Crippen molar-refractivity contribution in [2.24, 2.45) is 0 Å². The van der Waals surface area contributed by atoms with E-state index in [9.17, 15) is 0 Å². The lowest BCUT2D eigenvalue weighted by molar-refractivity contribution is 0.213. The molecule has 0 heterocycles. The number of nitrogens with zero attached hydrogens (tertiary/aromatic N) is 1. The maximum absolute atomic E-state index is 2.51. The Balaban J connectivity index is 2.81. The van der Waals surface area contributed by atoms with Gasteiger partial charge in [-0.1, -0.05) is 51.1 Å². The predicted molar refractivity (Wildman–Crippen MR) is 62.4 cm³/mol. The van der Waals surface area contributed by atoms with Crippen LogP contribution in [0.15, 0.2) is 30.3 Å². The first-order valence-electron chi connectivity index (χ1n) is 5.62. The van der Waals surface area contributed by atoms with Crippen LogP contribution in [0.3, 0.4) is 0 Å². The highest BCUT2D eigenvalue weighted by atomic mass is 15.1. The summed E-state index contributed by atoms with van der Waals surface area (Å²) in [6, 6.07) is 11.4. The molecule has 0 saturated heterocycles. The molecule has 78 valence electrons. The van der Waals surface area contributed by atoms with Crippen molar-refractivity contribution >= 4 is 0 Å². The Labute approximate surface area is 87.7 Å². The van der Waals surface area contributed by atoms with Crippen LogP contribution >= 0.6 is 0 Å². The molecule has 0 aliphatic rings. The molecule has 0 N–H and O–H groups in total. The van der Waals surface area contributed by atoms with Crippen molar-refractivity contribution in [1.82, 2.24) is 4.90 Å². The summed E-state index contributed by atoms with van der Waals surface area (Å²) >= 11 is 0. The van der Waals surface area contributed by atoms with Gasteiger partial charge in [-0.25, -0.2) is 0 Å². The fraction of sp³-hybridized carbons (Fsp3) is 0.538. The van der Waals surface area contributed by atoms with E-state index in [4.69, 9.17) is 0 Å². The molecule has 0 aliphatic heterocycles. The molecule has 1 unspecified atom stereocenters. The molecule has 14 heavy (non-hydrogen) atoms. The lowest BCUT2D eigenvalue weighted by atomic mass is 10.0. The van der Waals surface area contributed by atoms with Crippen molar-refractivity contribution < 1.29 is 0 Å². The van der Waals surface area contributed by atoms with E-state index in [0.29, 0.717) is 6.04 Å². The Morgan fingerprint density at radius 2 is 1.57 bits per heavy atom. The van der Waals surface area contributed by atoms with Gasteiger partial charge in [-0.05, 0) is 25.1 Å². The fourth-order valence-electron chi connectivity index (χ4n) is 2.04. The van der Waals surface area contributed by atoms with Gasteiger partial charge in [-0.15, -0.1) is 0 Å². The first-order chi connectivity index (χ1) is 6.83. The van der Waals surface area contributed by atoms with Gasteiger partial charge in [-0.3, -0.25) is 4.90 Å². The largest absolute Gasteiger partial charge is 0.297 e. The summed E-state index contributed by atoms with van der Waals surface area (Å²) < 4.78 is 0. The Hall–Kier alpha value is -0.820. The molecule has 1 nitrogen and oxygen atoms in total. The Kier molecular flexibility index (Phi) is 4.68. The second-order valence-corrected chi connectivity index (χ2v) is 3.56. The summed E-state index contributed by atoms with van der Waals surface area (Å²) in [5.41, 5.74) is 1.44. The normalized spacial score (nSPS) is 13.1. The maximum atomic E-state index is 2.51. The summed E-state index contributed by atoms with van der Waals surface area (Å²) in [6.07, 6.45) is 1.19. The third kappa shape index (κ3) is 2.58. The van der Waals surface area contributed by atoms with E-state index in [1.54, 1.807) is 0 Å². The topological polar surface area (TPSA) is 3.24 Å². The van der Waals surface area contributed by atoms with E-state index >= 15 is 0 Å². The number of hydrogen-bond donors (Lipinski definition) is 0. The lowest BCUT2D eigenvalue weighted by Crippen LogP contribution is -2.27. The second kappa shape index (κ2) is 5.82. The minimum atomic E-state index is 0.589. The molecular formula is C13H21N. The summed E-state index contributed by atoms with van der Waals surface area (Å²) in [5, 5.41) is 0. The zero-order valence-electron chi connectivity index (χ0n) is 9.53. The molecule has 1 aromatic carbocycles. The number of rotatable bonds is 5. The van der Waals surface area contributed by atoms with E-state index in [2.05, 4.69) is 56.0 Å². The van der Waals surface area contributed by atoms with Gasteiger partial charge >= 0.3 is 0 Å². The van der Waals surface area contributed by atoms with E-state index in [1.165, 1.54) is 12.0 Å². The first kappa shape index (κ1) is 11.3. The molecule has 1 aromatic rings. The van der Waals surface area contributed by atoms with Crippen LogP contribution in [0.1, 0.15) is 38.8 Å². The van der Waals surface area contributed by atoms with Crippen molar-refractivity contribution in [3.05, 3.63) is 35.9 Å². The van der Waals surface area contributed by atoms with E-state index < -0.39 is 0 Å². The van der Waals surface area contributed by atoms with Crippen LogP contribution < -0.4 is 0 Å². The van der Waals surface area contributed by atoms with Crippen LogP contribution in [0.4, 0.5) is 0 Å². The van der Waals surface area contributed by atoms with Gasteiger partial charge in [0, 0.05) is 6.04 Å². The third-order valence-electron chi connectivity index (χ3n) is 2.82. The summed E-state index contributed by atoms with van der Waals surface area (Å²) in [7, 11) is 0. The molecule has 1 heteroatoms. The molecule has 0 bridgehead atoms. The van der Waals surface area contributed by atoms with Crippen LogP contribution in [0.5, 0.6) is 0 Å². The Morgan fingerprint density at radius 1 is 1.00 bits per heavy atom. The smallest absolute Gasteiger partial charge is 0.0345 e. The summed E-state index contributed by atoms with van der Waals surface area (Å²) in [6.45, 7) is 8.98. The zero-order chi connectivity index (χ0) is 10.4. The van der Waals surface area contributed by atoms with E-state index in [0.717, 1.165) is 13.1 Å². The minimum absolute atomic E-state index is 0.589. The minimum Gasteiger partial charge on any atom is -0.297 e. The summed E-state index contributed by atoms with van der Waals surface area (Å²) in [4.78, 5) is 2.51. The highest BCUT2D eigenvalue weighted by Gasteiger charge is 2.14. The van der Waals surface area contributed by atoms with Crippen molar-refractivity contribution in [2.75, 3.05) is 13.1 Å². The van der Waals surface area contributed by atoms with Crippen molar-refractivity contribution in [1.29, 1.82) is 0 Å². The highest BCUT2D eigenvalue weighted by molar-refractivity contribution is 5.18. The molecule has 0 fully saturated rings. The van der Waals surface area contributed by atoms with Gasteiger partial charge in [-0.2, -0.15) is 0 Å². The number of hydrogen-bond acceptors (Lipinski definition) is 1. The van der Waals surface area contributed by atoms with Crippen molar-refractivity contribution in [2.45, 2.75) is 33.2 Å². The maximum Gasteiger partial charge on any atom is 0.0345 e. The van der Waals surface area contributed by atoms with E-state index in [-0.39, 0.29) is 0 Å². The van der Waals surface area contributed by atoms with Crippen LogP contribution in [-0.4, -0.2) is 18.0 Å². The molecule has 0 saturated carbocycles. The Morgan fingerprint density at radius 3 is 2.00 bits per heavy atom. The lowest BCUT2D eigenvalue weighted by Gasteiger charge is -2.29. The van der Waals surface area contributed by atoms with Gasteiger partial charge in [0.2, 0.25) is 0 Å². The molecule has 0 aromatic heterocycles. The molecule has 0 spiro atoms. The first-order valence-corrected chi connectivity index (χ1v) is 5.62. The quantitative estimate of drug-likeness (QED) is 0.688. The standard InChI is InChI=1S/C13H21N/c1-4-13(14(5-2)6-3)12-10-8-7-9-11-12/h7-11,13H,4-6H2,1-3H3. The molecule has 0 aliphatic carbocycles. The van der Waals surface area contributed by atoms with Crippen LogP contribution in [0.25, 0.3) is 0 Å². The summed E-state index contributed by atoms with van der Waals surface area (Å²) in [5.74, 6) is 0. The van der Waals surface area contributed by atoms with E-state index in [1.807, 2.05) is 0 Å². The highest BCUT2D eigenvalue weighted by Crippen LogP contribution is 2.22. The van der Waals surface area contributed by atoms with Crippen LogP contribution in [0, 0.1) is 0 Å². The molecule has 0 radical (unpaired) electrons. The van der Waals surface area contributed by atoms with Crippen molar-refractivity contribution in [3.8, 4) is 0 Å². The fourth-order valence-corrected chi connectivity index (χ4v) is 2.04. The van der Waals surface area contributed by atoms with Gasteiger partial charge in [0.05, 0.1) is 0 Å². The molecule has 1 atom stereocenters.